The lowest BCUT2D eigenvalue weighted by Gasteiger charge is -2.25. The van der Waals surface area contributed by atoms with E-state index in [2.05, 4.69) is 22.3 Å². The van der Waals surface area contributed by atoms with Gasteiger partial charge in [-0.25, -0.2) is 0 Å². The van der Waals surface area contributed by atoms with Gasteiger partial charge < -0.3 is 15.6 Å². The lowest BCUT2D eigenvalue weighted by molar-refractivity contribution is 0.0988. The molecular formula is C14H16N4O3S. The maximum Gasteiger partial charge on any atom is 0.294 e. The van der Waals surface area contributed by atoms with E-state index in [9.17, 15) is 9.59 Å². The van der Waals surface area contributed by atoms with Crippen LogP contribution in [0.3, 0.4) is 0 Å². The Morgan fingerprint density at radius 3 is 3.00 bits per heavy atom. The molecule has 3 N–H and O–H groups in total. The molecule has 1 aliphatic heterocycles. The number of amides is 2. The summed E-state index contributed by atoms with van der Waals surface area (Å²) in [5.74, 6) is -0.863. The van der Waals surface area contributed by atoms with E-state index in [1.807, 2.05) is 0 Å². The Bertz CT molecular complexity index is 708. The van der Waals surface area contributed by atoms with Gasteiger partial charge in [0.2, 0.25) is 5.76 Å². The van der Waals surface area contributed by atoms with Crippen molar-refractivity contribution in [3.63, 3.8) is 0 Å². The number of primary amides is 1. The summed E-state index contributed by atoms with van der Waals surface area (Å²) >= 11 is 1.40. The van der Waals surface area contributed by atoms with Gasteiger partial charge in [0.25, 0.3) is 11.8 Å². The van der Waals surface area contributed by atoms with Crippen LogP contribution in [0.1, 0.15) is 38.3 Å². The molecule has 8 heteroatoms. The second-order valence-electron chi connectivity index (χ2n) is 5.02. The van der Waals surface area contributed by atoms with Crippen molar-refractivity contribution in [1.82, 2.24) is 10.1 Å². The van der Waals surface area contributed by atoms with Crippen LogP contribution in [0.2, 0.25) is 0 Å². The molecule has 0 unspecified atom stereocenters. The number of aromatic nitrogens is 1. The molecule has 3 rings (SSSR count). The number of carbonyl (C=O) groups excluding carboxylic acids is 2. The Morgan fingerprint density at radius 1 is 1.55 bits per heavy atom. The third kappa shape index (κ3) is 2.62. The van der Waals surface area contributed by atoms with E-state index in [4.69, 9.17) is 10.3 Å². The summed E-state index contributed by atoms with van der Waals surface area (Å²) in [5, 5.41) is 6.69. The van der Waals surface area contributed by atoms with Crippen LogP contribution in [-0.4, -0.2) is 35.0 Å². The van der Waals surface area contributed by atoms with E-state index in [-0.39, 0.29) is 5.76 Å². The van der Waals surface area contributed by atoms with Gasteiger partial charge in [0.15, 0.2) is 0 Å². The van der Waals surface area contributed by atoms with Gasteiger partial charge in [0, 0.05) is 24.0 Å². The number of carbonyl (C=O) groups is 2. The Morgan fingerprint density at radius 2 is 2.36 bits per heavy atom. The SMILES string of the molecule is CCN1CCc2c(sc(NC(=O)c3ccno3)c2C(N)=O)C1. The Labute approximate surface area is 131 Å². The first-order valence-corrected chi connectivity index (χ1v) is 7.80. The molecular weight excluding hydrogens is 304 g/mol. The number of hydrogen-bond acceptors (Lipinski definition) is 6. The van der Waals surface area contributed by atoms with Crippen molar-refractivity contribution in [2.45, 2.75) is 19.9 Å². The molecule has 2 aromatic rings. The highest BCUT2D eigenvalue weighted by Crippen LogP contribution is 2.37. The first kappa shape index (κ1) is 14.7. The van der Waals surface area contributed by atoms with Crippen LogP contribution in [0.25, 0.3) is 0 Å². The summed E-state index contributed by atoms with van der Waals surface area (Å²) in [6.07, 6.45) is 2.15. The molecule has 3 heterocycles. The van der Waals surface area contributed by atoms with E-state index in [0.29, 0.717) is 10.6 Å². The van der Waals surface area contributed by atoms with Crippen LogP contribution in [-0.2, 0) is 13.0 Å². The molecule has 0 spiro atoms. The minimum Gasteiger partial charge on any atom is -0.365 e. The molecule has 0 bridgehead atoms. The average Bonchev–Trinajstić information content (AvgIpc) is 3.13. The van der Waals surface area contributed by atoms with E-state index in [1.54, 1.807) is 0 Å². The molecule has 116 valence electrons. The van der Waals surface area contributed by atoms with Crippen molar-refractivity contribution < 1.29 is 14.1 Å². The zero-order valence-electron chi connectivity index (χ0n) is 12.1. The monoisotopic (exact) mass is 320 g/mol. The van der Waals surface area contributed by atoms with Crippen LogP contribution in [0, 0.1) is 0 Å². The van der Waals surface area contributed by atoms with Crippen molar-refractivity contribution in [2.75, 3.05) is 18.4 Å². The number of nitrogens with zero attached hydrogens (tertiary/aromatic N) is 2. The lowest BCUT2D eigenvalue weighted by Crippen LogP contribution is -2.30. The minimum atomic E-state index is -0.518. The molecule has 7 nitrogen and oxygen atoms in total. The normalized spacial score (nSPS) is 14.6. The van der Waals surface area contributed by atoms with Gasteiger partial charge in [-0.2, -0.15) is 0 Å². The van der Waals surface area contributed by atoms with Gasteiger partial charge in [-0.3, -0.25) is 14.5 Å². The third-order valence-corrected chi connectivity index (χ3v) is 4.85. The fourth-order valence-corrected chi connectivity index (χ4v) is 3.86. The van der Waals surface area contributed by atoms with Crippen LogP contribution >= 0.6 is 11.3 Å². The molecule has 22 heavy (non-hydrogen) atoms. The molecule has 0 radical (unpaired) electrons. The summed E-state index contributed by atoms with van der Waals surface area (Å²) in [6.45, 7) is 4.70. The van der Waals surface area contributed by atoms with Gasteiger partial charge in [-0.1, -0.05) is 12.1 Å². The molecule has 1 aliphatic rings. The highest BCUT2D eigenvalue weighted by atomic mass is 32.1. The molecule has 0 aliphatic carbocycles. The Kier molecular flexibility index (Phi) is 3.95. The summed E-state index contributed by atoms with van der Waals surface area (Å²) in [6, 6.07) is 1.46. The van der Waals surface area contributed by atoms with E-state index in [0.717, 1.165) is 36.5 Å². The number of nitrogens with two attached hydrogens (primary N) is 1. The zero-order valence-corrected chi connectivity index (χ0v) is 12.9. The summed E-state index contributed by atoms with van der Waals surface area (Å²) < 4.78 is 4.82. The van der Waals surface area contributed by atoms with Crippen LogP contribution in [0.15, 0.2) is 16.8 Å². The number of anilines is 1. The molecule has 0 saturated carbocycles. The van der Waals surface area contributed by atoms with Crippen molar-refractivity contribution in [2.24, 2.45) is 5.73 Å². The van der Waals surface area contributed by atoms with Gasteiger partial charge >= 0.3 is 0 Å². The highest BCUT2D eigenvalue weighted by molar-refractivity contribution is 7.17. The molecule has 2 aromatic heterocycles. The molecule has 0 aromatic carbocycles. The standard InChI is InChI=1S/C14H16N4O3S/c1-2-18-6-4-8-10(7-18)22-14(11(8)12(15)19)17-13(20)9-3-5-16-21-9/h3,5H,2,4,6-7H2,1H3,(H2,15,19)(H,17,20). The number of hydrogen-bond donors (Lipinski definition) is 2. The topological polar surface area (TPSA) is 101 Å². The minimum absolute atomic E-state index is 0.0944. The predicted octanol–water partition coefficient (Wildman–Crippen LogP) is 1.47. The number of likely N-dealkylation sites (N-methyl/N-ethyl adjacent to an activating group) is 1. The number of nitrogens with one attached hydrogen (secondary N) is 1. The maximum atomic E-state index is 12.1. The summed E-state index contributed by atoms with van der Waals surface area (Å²) in [7, 11) is 0. The largest absolute Gasteiger partial charge is 0.365 e. The Hall–Kier alpha value is -2.19. The van der Waals surface area contributed by atoms with E-state index >= 15 is 0 Å². The van der Waals surface area contributed by atoms with Gasteiger partial charge in [0.1, 0.15) is 5.00 Å². The lowest BCUT2D eigenvalue weighted by atomic mass is 10.0. The smallest absolute Gasteiger partial charge is 0.294 e. The van der Waals surface area contributed by atoms with E-state index < -0.39 is 11.8 Å². The van der Waals surface area contributed by atoms with Gasteiger partial charge in [-0.15, -0.1) is 11.3 Å². The van der Waals surface area contributed by atoms with Crippen LogP contribution < -0.4 is 11.1 Å². The van der Waals surface area contributed by atoms with Crippen LogP contribution in [0.5, 0.6) is 0 Å². The zero-order chi connectivity index (χ0) is 15.7. The van der Waals surface area contributed by atoms with E-state index in [1.165, 1.54) is 23.6 Å². The fourth-order valence-electron chi connectivity index (χ4n) is 2.57. The third-order valence-electron chi connectivity index (χ3n) is 3.72. The fraction of sp³-hybridized carbons (Fsp3) is 0.357. The van der Waals surface area contributed by atoms with Crippen LogP contribution in [0.4, 0.5) is 5.00 Å². The number of fused-ring (bicyclic) bond motifs is 1. The molecule has 0 atom stereocenters. The van der Waals surface area contributed by atoms with Crippen molar-refractivity contribution in [3.05, 3.63) is 34.0 Å². The van der Waals surface area contributed by atoms with Crippen molar-refractivity contribution in [1.29, 1.82) is 0 Å². The molecule has 2 amide bonds. The van der Waals surface area contributed by atoms with Gasteiger partial charge in [-0.05, 0) is 18.5 Å². The average molecular weight is 320 g/mol. The summed E-state index contributed by atoms with van der Waals surface area (Å²) in [5.41, 5.74) is 6.89. The van der Waals surface area contributed by atoms with Crippen molar-refractivity contribution in [3.8, 4) is 0 Å². The second kappa shape index (κ2) is 5.90. The number of thiophene rings is 1. The van der Waals surface area contributed by atoms with Crippen molar-refractivity contribution >= 4 is 28.2 Å². The quantitative estimate of drug-likeness (QED) is 0.888. The Balaban J connectivity index is 1.92. The second-order valence-corrected chi connectivity index (χ2v) is 6.13. The predicted molar refractivity (Wildman–Crippen MR) is 81.9 cm³/mol. The number of rotatable bonds is 4. The molecule has 0 fully saturated rings. The molecule has 0 saturated heterocycles. The van der Waals surface area contributed by atoms with Gasteiger partial charge in [0.05, 0.1) is 11.8 Å². The summed E-state index contributed by atoms with van der Waals surface area (Å²) in [4.78, 5) is 27.2. The first-order chi connectivity index (χ1) is 10.6. The highest BCUT2D eigenvalue weighted by Gasteiger charge is 2.27. The first-order valence-electron chi connectivity index (χ1n) is 6.98. The maximum absolute atomic E-state index is 12.1.